The Hall–Kier alpha value is -3.68. The van der Waals surface area contributed by atoms with E-state index in [4.69, 9.17) is 0 Å². The maximum Gasteiger partial charge on any atom is 0.321 e. The third kappa shape index (κ3) is 3.57. The van der Waals surface area contributed by atoms with Gasteiger partial charge in [-0.2, -0.15) is 5.10 Å². The molecule has 3 aromatic rings. The van der Waals surface area contributed by atoms with Crippen LogP contribution in [0.25, 0.3) is 0 Å². The molecular weight excluding hydrogens is 356 g/mol. The third-order valence-electron chi connectivity index (χ3n) is 4.56. The Labute approximate surface area is 162 Å². The summed E-state index contributed by atoms with van der Waals surface area (Å²) in [7, 11) is 0. The summed E-state index contributed by atoms with van der Waals surface area (Å²) in [4.78, 5) is 30.9. The van der Waals surface area contributed by atoms with Crippen LogP contribution in [0.3, 0.4) is 0 Å². The number of hydrogen-bond donors (Lipinski definition) is 3. The van der Waals surface area contributed by atoms with Crippen LogP contribution in [0.5, 0.6) is 0 Å². The van der Waals surface area contributed by atoms with E-state index < -0.39 is 6.04 Å². The second kappa shape index (κ2) is 7.51. The van der Waals surface area contributed by atoms with Gasteiger partial charge in [0, 0.05) is 24.3 Å². The number of benzene rings is 2. The van der Waals surface area contributed by atoms with Gasteiger partial charge in [0.1, 0.15) is 11.9 Å². The first-order chi connectivity index (χ1) is 13.6. The van der Waals surface area contributed by atoms with E-state index in [1.807, 2.05) is 43.3 Å². The molecule has 8 heteroatoms. The van der Waals surface area contributed by atoms with Gasteiger partial charge < -0.3 is 10.6 Å². The molecule has 2 heterocycles. The molecule has 0 spiro atoms. The standard InChI is InChI=1S/C20H20N6O2/c1-13-22-18(25-24-13)17(14-6-3-2-4-7-14)23-19(27)15-8-5-9-16(12-15)26-11-10-21-20(26)28/h2-9,12,17H,10-11H2,1H3,(H,21,28)(H,23,27)(H,22,24,25). The molecule has 1 atom stereocenters. The summed E-state index contributed by atoms with van der Waals surface area (Å²) in [5, 5.41) is 12.8. The Morgan fingerprint density at radius 2 is 2.00 bits per heavy atom. The molecule has 2 aromatic carbocycles. The van der Waals surface area contributed by atoms with Crippen molar-refractivity contribution in [3.63, 3.8) is 0 Å². The average Bonchev–Trinajstić information content (AvgIpc) is 3.35. The second-order valence-corrected chi connectivity index (χ2v) is 6.53. The van der Waals surface area contributed by atoms with Crippen LogP contribution in [0.4, 0.5) is 10.5 Å². The van der Waals surface area contributed by atoms with E-state index in [1.54, 1.807) is 23.1 Å². The van der Waals surface area contributed by atoms with Gasteiger partial charge in [0.05, 0.1) is 0 Å². The van der Waals surface area contributed by atoms with Crippen LogP contribution in [0.15, 0.2) is 54.6 Å². The molecule has 1 aromatic heterocycles. The van der Waals surface area contributed by atoms with Crippen molar-refractivity contribution in [2.75, 3.05) is 18.0 Å². The van der Waals surface area contributed by atoms with Crippen molar-refractivity contribution < 1.29 is 9.59 Å². The van der Waals surface area contributed by atoms with Gasteiger partial charge in [-0.15, -0.1) is 0 Å². The van der Waals surface area contributed by atoms with Crippen molar-refractivity contribution in [2.45, 2.75) is 13.0 Å². The first-order valence-electron chi connectivity index (χ1n) is 9.02. The van der Waals surface area contributed by atoms with E-state index >= 15 is 0 Å². The minimum absolute atomic E-state index is 0.157. The summed E-state index contributed by atoms with van der Waals surface area (Å²) in [5.41, 5.74) is 2.03. The molecule has 3 amide bonds. The maximum absolute atomic E-state index is 13.0. The number of urea groups is 1. The highest BCUT2D eigenvalue weighted by molar-refractivity contribution is 5.98. The van der Waals surface area contributed by atoms with Crippen molar-refractivity contribution in [1.82, 2.24) is 25.8 Å². The molecule has 1 aliphatic heterocycles. The fourth-order valence-electron chi connectivity index (χ4n) is 3.18. The molecule has 3 N–H and O–H groups in total. The van der Waals surface area contributed by atoms with Crippen LogP contribution < -0.4 is 15.5 Å². The normalized spacial score (nSPS) is 14.6. The quantitative estimate of drug-likeness (QED) is 0.635. The molecule has 1 saturated heterocycles. The molecule has 142 valence electrons. The van der Waals surface area contributed by atoms with E-state index in [9.17, 15) is 9.59 Å². The Morgan fingerprint density at radius 3 is 2.68 bits per heavy atom. The lowest BCUT2D eigenvalue weighted by atomic mass is 10.1. The zero-order valence-corrected chi connectivity index (χ0v) is 15.3. The Balaban J connectivity index is 1.61. The molecule has 0 radical (unpaired) electrons. The lowest BCUT2D eigenvalue weighted by molar-refractivity contribution is 0.0941. The number of aromatic nitrogens is 3. The van der Waals surface area contributed by atoms with E-state index in [-0.39, 0.29) is 11.9 Å². The van der Waals surface area contributed by atoms with Crippen LogP contribution in [0.1, 0.15) is 33.6 Å². The number of nitrogens with one attached hydrogen (secondary N) is 3. The van der Waals surface area contributed by atoms with Crippen molar-refractivity contribution in [1.29, 1.82) is 0 Å². The van der Waals surface area contributed by atoms with Gasteiger partial charge in [-0.25, -0.2) is 9.78 Å². The fourth-order valence-corrected chi connectivity index (χ4v) is 3.18. The summed E-state index contributed by atoms with van der Waals surface area (Å²) in [5.74, 6) is 0.900. The predicted molar refractivity (Wildman–Crippen MR) is 104 cm³/mol. The van der Waals surface area contributed by atoms with Crippen molar-refractivity contribution >= 4 is 17.6 Å². The molecule has 0 bridgehead atoms. The summed E-state index contributed by atoms with van der Waals surface area (Å²) in [6, 6.07) is 15.9. The van der Waals surface area contributed by atoms with Crippen LogP contribution in [-0.2, 0) is 0 Å². The largest absolute Gasteiger partial charge is 0.338 e. The molecular formula is C20H20N6O2. The maximum atomic E-state index is 13.0. The number of nitrogens with zero attached hydrogens (tertiary/aromatic N) is 3. The average molecular weight is 376 g/mol. The van der Waals surface area contributed by atoms with Gasteiger partial charge in [-0.3, -0.25) is 14.8 Å². The molecule has 8 nitrogen and oxygen atoms in total. The Bertz CT molecular complexity index is 1000. The van der Waals surface area contributed by atoms with E-state index in [0.29, 0.717) is 36.0 Å². The molecule has 0 saturated carbocycles. The Kier molecular flexibility index (Phi) is 4.76. The van der Waals surface area contributed by atoms with Gasteiger partial charge in [0.25, 0.3) is 5.91 Å². The lowest BCUT2D eigenvalue weighted by Crippen LogP contribution is -2.31. The molecule has 1 aliphatic rings. The SMILES string of the molecule is Cc1nc(C(NC(=O)c2cccc(N3CCNC3=O)c2)c2ccccc2)n[nH]1. The zero-order valence-electron chi connectivity index (χ0n) is 15.3. The lowest BCUT2D eigenvalue weighted by Gasteiger charge is -2.18. The third-order valence-corrected chi connectivity index (χ3v) is 4.56. The van der Waals surface area contributed by atoms with E-state index in [1.165, 1.54) is 0 Å². The van der Waals surface area contributed by atoms with Crippen molar-refractivity contribution in [3.8, 4) is 0 Å². The number of aromatic amines is 1. The van der Waals surface area contributed by atoms with E-state index in [0.717, 1.165) is 5.56 Å². The van der Waals surface area contributed by atoms with Crippen molar-refractivity contribution in [3.05, 3.63) is 77.4 Å². The highest BCUT2D eigenvalue weighted by atomic mass is 16.2. The van der Waals surface area contributed by atoms with Gasteiger partial charge in [0.15, 0.2) is 5.82 Å². The zero-order chi connectivity index (χ0) is 19.5. The topological polar surface area (TPSA) is 103 Å². The summed E-state index contributed by atoms with van der Waals surface area (Å²) < 4.78 is 0. The van der Waals surface area contributed by atoms with Crippen LogP contribution in [0.2, 0.25) is 0 Å². The summed E-state index contributed by atoms with van der Waals surface area (Å²) in [6.07, 6.45) is 0. The van der Waals surface area contributed by atoms with Gasteiger partial charge in [-0.05, 0) is 30.7 Å². The number of rotatable bonds is 5. The molecule has 0 aliphatic carbocycles. The van der Waals surface area contributed by atoms with Gasteiger partial charge in [0.2, 0.25) is 0 Å². The van der Waals surface area contributed by atoms with E-state index in [2.05, 4.69) is 25.8 Å². The fraction of sp³-hybridized carbons (Fsp3) is 0.200. The first-order valence-corrected chi connectivity index (χ1v) is 9.02. The molecule has 28 heavy (non-hydrogen) atoms. The second-order valence-electron chi connectivity index (χ2n) is 6.53. The number of carbonyl (C=O) groups is 2. The summed E-state index contributed by atoms with van der Waals surface area (Å²) in [6.45, 7) is 2.98. The van der Waals surface area contributed by atoms with Crippen LogP contribution in [0, 0.1) is 6.92 Å². The smallest absolute Gasteiger partial charge is 0.321 e. The van der Waals surface area contributed by atoms with Gasteiger partial charge >= 0.3 is 6.03 Å². The summed E-state index contributed by atoms with van der Waals surface area (Å²) >= 11 is 0. The number of aryl methyl sites for hydroxylation is 1. The predicted octanol–water partition coefficient (Wildman–Crippen LogP) is 2.16. The highest BCUT2D eigenvalue weighted by Crippen LogP contribution is 2.22. The number of anilines is 1. The monoisotopic (exact) mass is 376 g/mol. The van der Waals surface area contributed by atoms with Crippen molar-refractivity contribution in [2.24, 2.45) is 0 Å². The molecule has 1 unspecified atom stereocenters. The minimum Gasteiger partial charge on any atom is -0.338 e. The number of H-pyrrole nitrogens is 1. The highest BCUT2D eigenvalue weighted by Gasteiger charge is 2.24. The van der Waals surface area contributed by atoms with Crippen LogP contribution in [-0.4, -0.2) is 40.2 Å². The molecule has 4 rings (SSSR count). The first kappa shape index (κ1) is 17.7. The Morgan fingerprint density at radius 1 is 1.18 bits per heavy atom. The molecule has 1 fully saturated rings. The number of hydrogen-bond acceptors (Lipinski definition) is 4. The van der Waals surface area contributed by atoms with Gasteiger partial charge in [-0.1, -0.05) is 36.4 Å². The minimum atomic E-state index is -0.489. The number of carbonyl (C=O) groups excluding carboxylic acids is 2. The number of amides is 3. The van der Waals surface area contributed by atoms with Crippen LogP contribution >= 0.6 is 0 Å².